The number of carbonyl (C=O) groups is 1. The number of aromatic nitrogens is 3. The Morgan fingerprint density at radius 1 is 1.00 bits per heavy atom. The maximum atomic E-state index is 13.2. The SMILES string of the molecule is CC(=O)c1ccc(Nc2cc(C(F)(F)F)nc(-c3ccncc3)n2)cc1.Cl. The van der Waals surface area contributed by atoms with Crippen molar-refractivity contribution in [1.29, 1.82) is 0 Å². The Bertz CT molecular complexity index is 932. The van der Waals surface area contributed by atoms with Gasteiger partial charge in [0.05, 0.1) is 0 Å². The minimum Gasteiger partial charge on any atom is -0.340 e. The summed E-state index contributed by atoms with van der Waals surface area (Å²) in [6.07, 6.45) is -1.71. The molecule has 3 aromatic rings. The molecule has 27 heavy (non-hydrogen) atoms. The fourth-order valence-corrected chi connectivity index (χ4v) is 2.22. The lowest BCUT2D eigenvalue weighted by molar-refractivity contribution is -0.141. The van der Waals surface area contributed by atoms with Crippen molar-refractivity contribution in [1.82, 2.24) is 15.0 Å². The predicted molar refractivity (Wildman–Crippen MR) is 97.2 cm³/mol. The molecule has 0 aliphatic heterocycles. The van der Waals surface area contributed by atoms with Gasteiger partial charge in [-0.2, -0.15) is 13.2 Å². The van der Waals surface area contributed by atoms with E-state index in [9.17, 15) is 18.0 Å². The molecule has 0 fully saturated rings. The Morgan fingerprint density at radius 3 is 2.19 bits per heavy atom. The molecule has 0 spiro atoms. The monoisotopic (exact) mass is 394 g/mol. The van der Waals surface area contributed by atoms with Gasteiger partial charge >= 0.3 is 6.18 Å². The number of nitrogens with one attached hydrogen (secondary N) is 1. The van der Waals surface area contributed by atoms with E-state index in [-0.39, 0.29) is 29.8 Å². The van der Waals surface area contributed by atoms with Crippen molar-refractivity contribution in [3.63, 3.8) is 0 Å². The summed E-state index contributed by atoms with van der Waals surface area (Å²) >= 11 is 0. The van der Waals surface area contributed by atoms with Crippen molar-refractivity contribution in [3.8, 4) is 11.4 Å². The third-order valence-corrected chi connectivity index (χ3v) is 3.52. The van der Waals surface area contributed by atoms with E-state index in [0.717, 1.165) is 6.07 Å². The minimum absolute atomic E-state index is 0. The van der Waals surface area contributed by atoms with Gasteiger partial charge in [-0.15, -0.1) is 12.4 Å². The third-order valence-electron chi connectivity index (χ3n) is 3.52. The van der Waals surface area contributed by atoms with Crippen molar-refractivity contribution < 1.29 is 18.0 Å². The molecule has 0 atom stereocenters. The highest BCUT2D eigenvalue weighted by molar-refractivity contribution is 5.94. The topological polar surface area (TPSA) is 67.8 Å². The van der Waals surface area contributed by atoms with E-state index in [1.807, 2.05) is 0 Å². The van der Waals surface area contributed by atoms with E-state index in [1.165, 1.54) is 31.5 Å². The van der Waals surface area contributed by atoms with Crippen molar-refractivity contribution in [2.75, 3.05) is 5.32 Å². The van der Waals surface area contributed by atoms with E-state index in [4.69, 9.17) is 0 Å². The third kappa shape index (κ3) is 5.01. The van der Waals surface area contributed by atoms with Crippen LogP contribution in [0, 0.1) is 0 Å². The number of anilines is 2. The Balaban J connectivity index is 0.00000261. The molecule has 0 saturated heterocycles. The molecule has 0 unspecified atom stereocenters. The van der Waals surface area contributed by atoms with Crippen LogP contribution in [0.25, 0.3) is 11.4 Å². The molecule has 0 radical (unpaired) electrons. The number of hydrogen-bond donors (Lipinski definition) is 1. The zero-order valence-electron chi connectivity index (χ0n) is 14.0. The van der Waals surface area contributed by atoms with E-state index in [2.05, 4.69) is 20.3 Å². The number of ketones is 1. The highest BCUT2D eigenvalue weighted by atomic mass is 35.5. The van der Waals surface area contributed by atoms with Crippen LogP contribution in [-0.2, 0) is 6.18 Å². The van der Waals surface area contributed by atoms with Gasteiger partial charge in [-0.1, -0.05) is 0 Å². The molecule has 9 heteroatoms. The number of nitrogens with zero attached hydrogens (tertiary/aromatic N) is 3. The van der Waals surface area contributed by atoms with Gasteiger partial charge in [-0.05, 0) is 43.3 Å². The van der Waals surface area contributed by atoms with E-state index < -0.39 is 11.9 Å². The fraction of sp³-hybridized carbons (Fsp3) is 0.111. The largest absolute Gasteiger partial charge is 0.433 e. The first kappa shape index (κ1) is 20.3. The molecule has 0 amide bonds. The smallest absolute Gasteiger partial charge is 0.340 e. The van der Waals surface area contributed by atoms with Gasteiger partial charge in [0.2, 0.25) is 0 Å². The number of rotatable bonds is 4. The second-order valence-corrected chi connectivity index (χ2v) is 5.45. The summed E-state index contributed by atoms with van der Waals surface area (Å²) in [5.41, 5.74) is 0.373. The quantitative estimate of drug-likeness (QED) is 0.636. The van der Waals surface area contributed by atoms with Crippen molar-refractivity contribution in [3.05, 3.63) is 66.1 Å². The molecule has 3 rings (SSSR count). The summed E-state index contributed by atoms with van der Waals surface area (Å²) in [5, 5.41) is 2.81. The molecular weight excluding hydrogens is 381 g/mol. The normalized spacial score (nSPS) is 10.8. The number of Topliss-reactive ketones (excluding diaryl/α,β-unsaturated/α-hetero) is 1. The summed E-state index contributed by atoms with van der Waals surface area (Å²) in [6, 6.07) is 10.3. The summed E-state index contributed by atoms with van der Waals surface area (Å²) in [7, 11) is 0. The van der Waals surface area contributed by atoms with Crippen LogP contribution in [0.1, 0.15) is 23.0 Å². The van der Waals surface area contributed by atoms with Crippen molar-refractivity contribution >= 4 is 29.7 Å². The van der Waals surface area contributed by atoms with Crippen LogP contribution in [-0.4, -0.2) is 20.7 Å². The summed E-state index contributed by atoms with van der Waals surface area (Å²) in [6.45, 7) is 1.43. The van der Waals surface area contributed by atoms with Gasteiger partial charge in [0.25, 0.3) is 0 Å². The lowest BCUT2D eigenvalue weighted by Crippen LogP contribution is -2.11. The molecule has 0 aliphatic rings. The lowest BCUT2D eigenvalue weighted by atomic mass is 10.1. The Kier molecular flexibility index (Phi) is 6.12. The first-order valence-corrected chi connectivity index (χ1v) is 7.57. The first-order valence-electron chi connectivity index (χ1n) is 7.57. The molecule has 0 saturated carbocycles. The Morgan fingerprint density at radius 2 is 1.63 bits per heavy atom. The molecule has 1 N–H and O–H groups in total. The van der Waals surface area contributed by atoms with Gasteiger partial charge in [0.1, 0.15) is 5.82 Å². The van der Waals surface area contributed by atoms with E-state index in [1.54, 1.807) is 24.3 Å². The predicted octanol–water partition coefficient (Wildman–Crippen LogP) is 4.93. The number of pyridine rings is 1. The number of carbonyl (C=O) groups excluding carboxylic acids is 1. The molecule has 1 aromatic carbocycles. The molecule has 5 nitrogen and oxygen atoms in total. The van der Waals surface area contributed by atoms with Crippen LogP contribution in [0.2, 0.25) is 0 Å². The average Bonchev–Trinajstić information content (AvgIpc) is 2.62. The van der Waals surface area contributed by atoms with Crippen molar-refractivity contribution in [2.45, 2.75) is 13.1 Å². The van der Waals surface area contributed by atoms with Crippen LogP contribution < -0.4 is 5.32 Å². The minimum atomic E-state index is -4.61. The van der Waals surface area contributed by atoms with Crippen LogP contribution >= 0.6 is 12.4 Å². The summed E-state index contributed by atoms with van der Waals surface area (Å²) in [4.78, 5) is 22.9. The first-order chi connectivity index (χ1) is 12.3. The second kappa shape index (κ2) is 8.13. The van der Waals surface area contributed by atoms with E-state index in [0.29, 0.717) is 16.8 Å². The highest BCUT2D eigenvalue weighted by Gasteiger charge is 2.33. The maximum absolute atomic E-state index is 13.2. The number of halogens is 4. The maximum Gasteiger partial charge on any atom is 0.433 e. The standard InChI is InChI=1S/C18H13F3N4O.ClH/c1-11(26)12-2-4-14(5-3-12)23-16-10-15(18(19,20)21)24-17(25-16)13-6-8-22-9-7-13;/h2-10H,1H3,(H,23,24,25);1H. The molecular formula is C18H14ClF3N4O. The summed E-state index contributed by atoms with van der Waals surface area (Å²) < 4.78 is 39.5. The zero-order chi connectivity index (χ0) is 18.7. The zero-order valence-corrected chi connectivity index (χ0v) is 14.8. The number of alkyl halides is 3. The number of benzene rings is 1. The molecule has 140 valence electrons. The Labute approximate surface area is 159 Å². The average molecular weight is 395 g/mol. The van der Waals surface area contributed by atoms with Crippen LogP contribution in [0.3, 0.4) is 0 Å². The highest BCUT2D eigenvalue weighted by Crippen LogP contribution is 2.31. The molecule has 0 aliphatic carbocycles. The number of hydrogen-bond acceptors (Lipinski definition) is 5. The van der Waals surface area contributed by atoms with Gasteiger partial charge in [0, 0.05) is 35.3 Å². The van der Waals surface area contributed by atoms with Gasteiger partial charge in [0.15, 0.2) is 17.3 Å². The van der Waals surface area contributed by atoms with Crippen LogP contribution in [0.15, 0.2) is 54.9 Å². The fourth-order valence-electron chi connectivity index (χ4n) is 2.22. The molecule has 0 bridgehead atoms. The van der Waals surface area contributed by atoms with Crippen LogP contribution in [0.5, 0.6) is 0 Å². The van der Waals surface area contributed by atoms with Gasteiger partial charge in [-0.25, -0.2) is 9.97 Å². The van der Waals surface area contributed by atoms with Crippen molar-refractivity contribution in [2.24, 2.45) is 0 Å². The second-order valence-electron chi connectivity index (χ2n) is 5.45. The van der Waals surface area contributed by atoms with E-state index >= 15 is 0 Å². The lowest BCUT2D eigenvalue weighted by Gasteiger charge is -2.12. The Hall–Kier alpha value is -3.00. The summed E-state index contributed by atoms with van der Waals surface area (Å²) in [5.74, 6) is -0.169. The molecule has 2 aromatic heterocycles. The van der Waals surface area contributed by atoms with Gasteiger partial charge < -0.3 is 5.32 Å². The van der Waals surface area contributed by atoms with Gasteiger partial charge in [-0.3, -0.25) is 9.78 Å². The molecule has 2 heterocycles. The van der Waals surface area contributed by atoms with Crippen LogP contribution in [0.4, 0.5) is 24.7 Å².